The zero-order valence-electron chi connectivity index (χ0n) is 8.93. The number of hydrogen-bond donors (Lipinski definition) is 0. The van der Waals surface area contributed by atoms with Gasteiger partial charge in [-0.3, -0.25) is 4.79 Å². The van der Waals surface area contributed by atoms with Gasteiger partial charge in [0.15, 0.2) is 0 Å². The van der Waals surface area contributed by atoms with E-state index in [4.69, 9.17) is 4.74 Å². The number of carbonyl (C=O) groups is 1. The number of thiophene rings is 2. The van der Waals surface area contributed by atoms with Gasteiger partial charge >= 0.3 is 5.97 Å². The van der Waals surface area contributed by atoms with Crippen LogP contribution < -0.4 is 0 Å². The summed E-state index contributed by atoms with van der Waals surface area (Å²) in [5, 5.41) is 4.20. The lowest BCUT2D eigenvalue weighted by atomic mass is 10.2. The van der Waals surface area contributed by atoms with Crippen LogP contribution in [0, 0.1) is 0 Å². The third-order valence-electron chi connectivity index (χ3n) is 2.11. The Morgan fingerprint density at radius 3 is 2.94 bits per heavy atom. The summed E-state index contributed by atoms with van der Waals surface area (Å²) in [7, 11) is 0. The van der Waals surface area contributed by atoms with Crippen LogP contribution >= 0.6 is 22.7 Å². The topological polar surface area (TPSA) is 26.3 Å². The Morgan fingerprint density at radius 1 is 1.38 bits per heavy atom. The Balaban J connectivity index is 1.95. The molecule has 0 aliphatic carbocycles. The van der Waals surface area contributed by atoms with Crippen molar-refractivity contribution in [2.24, 2.45) is 0 Å². The zero-order chi connectivity index (χ0) is 11.4. The maximum absolute atomic E-state index is 10.6. The molecule has 2 heterocycles. The predicted octanol–water partition coefficient (Wildman–Crippen LogP) is 3.58. The first kappa shape index (κ1) is 11.4. The van der Waals surface area contributed by atoms with Crippen LogP contribution in [0.25, 0.3) is 9.75 Å². The molecule has 0 fully saturated rings. The van der Waals surface area contributed by atoms with E-state index in [9.17, 15) is 4.79 Å². The van der Waals surface area contributed by atoms with Crippen LogP contribution in [0.1, 0.15) is 12.5 Å². The van der Waals surface area contributed by atoms with Gasteiger partial charge in [0, 0.05) is 23.1 Å². The van der Waals surface area contributed by atoms with Gasteiger partial charge in [0.25, 0.3) is 0 Å². The minimum Gasteiger partial charge on any atom is -0.466 e. The van der Waals surface area contributed by atoms with Crippen molar-refractivity contribution in [1.29, 1.82) is 0 Å². The predicted molar refractivity (Wildman–Crippen MR) is 68.0 cm³/mol. The largest absolute Gasteiger partial charge is 0.466 e. The van der Waals surface area contributed by atoms with Crippen molar-refractivity contribution in [3.05, 3.63) is 34.5 Å². The van der Waals surface area contributed by atoms with Crippen molar-refractivity contribution in [3.8, 4) is 9.75 Å². The summed E-state index contributed by atoms with van der Waals surface area (Å²) >= 11 is 3.48. The molecule has 0 aromatic carbocycles. The number of hydrogen-bond acceptors (Lipinski definition) is 4. The Bertz CT molecular complexity index is 457. The summed E-state index contributed by atoms with van der Waals surface area (Å²) in [6.45, 7) is 1.90. The molecule has 0 aliphatic heterocycles. The lowest BCUT2D eigenvalue weighted by Gasteiger charge is -1.98. The molecule has 2 rings (SSSR count). The van der Waals surface area contributed by atoms with E-state index in [1.165, 1.54) is 22.2 Å². The standard InChI is InChI=1S/C12H12O2S2/c1-9(13)14-5-4-10-7-12(16-8-10)11-3-2-6-15-11/h2-3,6-8H,4-5H2,1H3. The summed E-state index contributed by atoms with van der Waals surface area (Å²) in [6, 6.07) is 6.34. The molecule has 0 saturated carbocycles. The molecule has 0 atom stereocenters. The molecular formula is C12H12O2S2. The molecular weight excluding hydrogens is 240 g/mol. The van der Waals surface area contributed by atoms with Gasteiger partial charge in [0.2, 0.25) is 0 Å². The van der Waals surface area contributed by atoms with Crippen molar-refractivity contribution in [1.82, 2.24) is 0 Å². The average Bonchev–Trinajstić information content (AvgIpc) is 2.85. The second-order valence-electron chi connectivity index (χ2n) is 3.39. The molecule has 4 heteroatoms. The molecule has 2 aromatic rings. The molecule has 0 amide bonds. The van der Waals surface area contributed by atoms with Gasteiger partial charge in [-0.15, -0.1) is 22.7 Å². The molecule has 0 radical (unpaired) electrons. The number of carbonyl (C=O) groups excluding carboxylic acids is 1. The van der Waals surface area contributed by atoms with Crippen LogP contribution in [0.15, 0.2) is 29.0 Å². The minimum atomic E-state index is -0.214. The number of esters is 1. The van der Waals surface area contributed by atoms with Crippen LogP contribution in [-0.2, 0) is 16.0 Å². The molecule has 2 aromatic heterocycles. The molecule has 16 heavy (non-hydrogen) atoms. The fraction of sp³-hybridized carbons (Fsp3) is 0.250. The first-order valence-corrected chi connectivity index (χ1v) is 6.76. The Labute approximate surface area is 103 Å². The second-order valence-corrected chi connectivity index (χ2v) is 5.25. The molecule has 84 valence electrons. The van der Waals surface area contributed by atoms with Crippen LogP contribution in [0.3, 0.4) is 0 Å². The molecule has 0 bridgehead atoms. The van der Waals surface area contributed by atoms with Crippen molar-refractivity contribution >= 4 is 28.6 Å². The Kier molecular flexibility index (Phi) is 3.74. The van der Waals surface area contributed by atoms with Gasteiger partial charge < -0.3 is 4.74 Å². The smallest absolute Gasteiger partial charge is 0.302 e. The van der Waals surface area contributed by atoms with Gasteiger partial charge in [-0.25, -0.2) is 0 Å². The summed E-state index contributed by atoms with van der Waals surface area (Å²) in [5.74, 6) is -0.214. The maximum Gasteiger partial charge on any atom is 0.302 e. The summed E-state index contributed by atoms with van der Waals surface area (Å²) in [5.41, 5.74) is 1.23. The van der Waals surface area contributed by atoms with E-state index in [0.29, 0.717) is 6.61 Å². The van der Waals surface area contributed by atoms with Crippen molar-refractivity contribution < 1.29 is 9.53 Å². The zero-order valence-corrected chi connectivity index (χ0v) is 10.6. The lowest BCUT2D eigenvalue weighted by molar-refractivity contribution is -0.140. The molecule has 0 unspecified atom stereocenters. The van der Waals surface area contributed by atoms with Crippen LogP contribution in [-0.4, -0.2) is 12.6 Å². The molecule has 0 spiro atoms. The highest BCUT2D eigenvalue weighted by atomic mass is 32.1. The fourth-order valence-corrected chi connectivity index (χ4v) is 3.16. The highest BCUT2D eigenvalue weighted by Crippen LogP contribution is 2.30. The van der Waals surface area contributed by atoms with E-state index in [1.807, 2.05) is 0 Å². The molecule has 0 aliphatic rings. The van der Waals surface area contributed by atoms with Crippen molar-refractivity contribution in [2.45, 2.75) is 13.3 Å². The van der Waals surface area contributed by atoms with Gasteiger partial charge in [-0.05, 0) is 28.5 Å². The third kappa shape index (κ3) is 2.93. The van der Waals surface area contributed by atoms with E-state index < -0.39 is 0 Å². The molecule has 0 N–H and O–H groups in total. The van der Waals surface area contributed by atoms with E-state index in [-0.39, 0.29) is 5.97 Å². The first-order valence-electron chi connectivity index (χ1n) is 5.00. The van der Waals surface area contributed by atoms with Crippen LogP contribution in [0.4, 0.5) is 0 Å². The maximum atomic E-state index is 10.6. The van der Waals surface area contributed by atoms with Gasteiger partial charge in [0.05, 0.1) is 6.61 Å². The summed E-state index contributed by atoms with van der Waals surface area (Å²) in [6.07, 6.45) is 0.793. The summed E-state index contributed by atoms with van der Waals surface area (Å²) in [4.78, 5) is 13.2. The second kappa shape index (κ2) is 5.27. The lowest BCUT2D eigenvalue weighted by Crippen LogP contribution is -2.02. The fourth-order valence-electron chi connectivity index (χ4n) is 1.37. The van der Waals surface area contributed by atoms with E-state index >= 15 is 0 Å². The first-order chi connectivity index (χ1) is 7.75. The van der Waals surface area contributed by atoms with Crippen LogP contribution in [0.5, 0.6) is 0 Å². The molecule has 2 nitrogen and oxygen atoms in total. The average molecular weight is 252 g/mol. The van der Waals surface area contributed by atoms with E-state index in [2.05, 4.69) is 29.0 Å². The number of ether oxygens (including phenoxy) is 1. The van der Waals surface area contributed by atoms with Crippen molar-refractivity contribution in [3.63, 3.8) is 0 Å². The third-order valence-corrected chi connectivity index (χ3v) is 4.16. The molecule has 0 saturated heterocycles. The van der Waals surface area contributed by atoms with Gasteiger partial charge in [-0.2, -0.15) is 0 Å². The highest BCUT2D eigenvalue weighted by Gasteiger charge is 2.03. The number of rotatable bonds is 4. The van der Waals surface area contributed by atoms with Crippen LogP contribution in [0.2, 0.25) is 0 Å². The van der Waals surface area contributed by atoms with E-state index in [0.717, 1.165) is 6.42 Å². The Morgan fingerprint density at radius 2 is 2.25 bits per heavy atom. The van der Waals surface area contributed by atoms with Crippen molar-refractivity contribution in [2.75, 3.05) is 6.61 Å². The summed E-state index contributed by atoms with van der Waals surface area (Å²) < 4.78 is 4.91. The van der Waals surface area contributed by atoms with E-state index in [1.54, 1.807) is 22.7 Å². The minimum absolute atomic E-state index is 0.214. The monoisotopic (exact) mass is 252 g/mol. The van der Waals surface area contributed by atoms with Gasteiger partial charge in [-0.1, -0.05) is 6.07 Å². The highest BCUT2D eigenvalue weighted by molar-refractivity contribution is 7.20. The SMILES string of the molecule is CC(=O)OCCc1csc(-c2cccs2)c1. The Hall–Kier alpha value is -1.13. The van der Waals surface area contributed by atoms with Gasteiger partial charge in [0.1, 0.15) is 0 Å². The normalized spacial score (nSPS) is 10.3. The quantitative estimate of drug-likeness (QED) is 0.777.